The molecule has 2 fully saturated rings. The maximum Gasteiger partial charge on any atom is 0.0781 e. The van der Waals surface area contributed by atoms with Crippen molar-refractivity contribution < 1.29 is 4.74 Å². The molecule has 2 rings (SSSR count). The van der Waals surface area contributed by atoms with Crippen LogP contribution in [0.5, 0.6) is 0 Å². The normalized spacial score (nSPS) is 27.7. The Morgan fingerprint density at radius 2 is 2.00 bits per heavy atom. The van der Waals surface area contributed by atoms with Crippen LogP contribution in [-0.2, 0) is 4.74 Å². The van der Waals surface area contributed by atoms with E-state index >= 15 is 0 Å². The summed E-state index contributed by atoms with van der Waals surface area (Å²) in [5.74, 6) is 0. The third-order valence-electron chi connectivity index (χ3n) is 2.15. The zero-order chi connectivity index (χ0) is 9.52. The van der Waals surface area contributed by atoms with E-state index in [0.29, 0.717) is 6.10 Å². The van der Waals surface area contributed by atoms with Crippen LogP contribution in [0.2, 0.25) is 0 Å². The zero-order valence-corrected chi connectivity index (χ0v) is 8.46. The van der Waals surface area contributed by atoms with Crippen molar-refractivity contribution in [1.29, 1.82) is 0 Å². The van der Waals surface area contributed by atoms with Gasteiger partial charge < -0.3 is 15.8 Å². The number of hydrogen-bond donors (Lipinski definition) is 2. The number of epoxide rings is 1. The number of nitrogens with two attached hydrogens (primary N) is 1. The molecule has 2 aliphatic heterocycles. The topological polar surface area (TPSA) is 53.8 Å². The quantitative estimate of drug-likeness (QED) is 0.559. The number of ether oxygens (including phenoxy) is 1. The van der Waals surface area contributed by atoms with Crippen LogP contribution in [0.4, 0.5) is 0 Å². The Balaban J connectivity index is 0.000000175. The van der Waals surface area contributed by atoms with Crippen molar-refractivity contribution in [2.75, 3.05) is 45.9 Å². The van der Waals surface area contributed by atoms with Crippen molar-refractivity contribution in [1.82, 2.24) is 10.2 Å². The molecule has 0 aromatic rings. The zero-order valence-electron chi connectivity index (χ0n) is 8.46. The van der Waals surface area contributed by atoms with Crippen LogP contribution in [0.15, 0.2) is 0 Å². The highest BCUT2D eigenvalue weighted by Crippen LogP contribution is 2.04. The van der Waals surface area contributed by atoms with Gasteiger partial charge in [0.2, 0.25) is 0 Å². The Hall–Kier alpha value is -0.160. The predicted molar refractivity (Wildman–Crippen MR) is 53.8 cm³/mol. The molecule has 4 nitrogen and oxygen atoms in total. The van der Waals surface area contributed by atoms with Crippen LogP contribution < -0.4 is 11.1 Å². The summed E-state index contributed by atoms with van der Waals surface area (Å²) in [6, 6.07) is 0. The van der Waals surface area contributed by atoms with Crippen LogP contribution in [0.25, 0.3) is 0 Å². The van der Waals surface area contributed by atoms with Gasteiger partial charge in [-0.1, -0.05) is 0 Å². The van der Waals surface area contributed by atoms with E-state index in [1.807, 2.05) is 0 Å². The van der Waals surface area contributed by atoms with Crippen LogP contribution >= 0.6 is 0 Å². The minimum absolute atomic E-state index is 0.583. The fourth-order valence-corrected chi connectivity index (χ4v) is 1.21. The van der Waals surface area contributed by atoms with E-state index in [1.165, 1.54) is 0 Å². The lowest BCUT2D eigenvalue weighted by Gasteiger charge is -2.26. The molecule has 1 atom stereocenters. The van der Waals surface area contributed by atoms with E-state index in [1.54, 1.807) is 0 Å². The lowest BCUT2D eigenvalue weighted by atomic mass is 10.3. The van der Waals surface area contributed by atoms with E-state index in [4.69, 9.17) is 10.5 Å². The fraction of sp³-hybridized carbons (Fsp3) is 1.00. The van der Waals surface area contributed by atoms with Gasteiger partial charge in [-0.05, 0) is 6.92 Å². The molecule has 2 aliphatic rings. The molecular formula is C9H21N3O. The molecule has 0 amide bonds. The molecule has 0 aromatic carbocycles. The molecule has 2 heterocycles. The van der Waals surface area contributed by atoms with Crippen LogP contribution in [-0.4, -0.2) is 56.9 Å². The largest absolute Gasteiger partial charge is 0.373 e. The number of hydrogen-bond acceptors (Lipinski definition) is 4. The van der Waals surface area contributed by atoms with Gasteiger partial charge >= 0.3 is 0 Å². The van der Waals surface area contributed by atoms with Gasteiger partial charge in [-0.2, -0.15) is 0 Å². The summed E-state index contributed by atoms with van der Waals surface area (Å²) in [7, 11) is 0. The highest BCUT2D eigenvalue weighted by atomic mass is 16.6. The molecule has 0 aliphatic carbocycles. The number of piperazine rings is 1. The summed E-state index contributed by atoms with van der Waals surface area (Å²) in [4.78, 5) is 2.39. The van der Waals surface area contributed by atoms with Crippen LogP contribution in [0.1, 0.15) is 6.92 Å². The molecule has 0 saturated carbocycles. The van der Waals surface area contributed by atoms with Crippen LogP contribution in [0.3, 0.4) is 0 Å². The number of nitrogens with one attached hydrogen (secondary N) is 1. The molecule has 4 heteroatoms. The SMILES string of the molecule is CC1CO1.NCCN1CCNCC1. The summed E-state index contributed by atoms with van der Waals surface area (Å²) < 4.78 is 4.71. The average Bonchev–Trinajstić information content (AvgIpc) is 2.91. The summed E-state index contributed by atoms with van der Waals surface area (Å²) in [5, 5.41) is 3.29. The second kappa shape index (κ2) is 6.32. The Morgan fingerprint density at radius 1 is 1.46 bits per heavy atom. The summed E-state index contributed by atoms with van der Waals surface area (Å²) in [6.45, 7) is 9.47. The van der Waals surface area contributed by atoms with Crippen molar-refractivity contribution in [2.45, 2.75) is 13.0 Å². The minimum Gasteiger partial charge on any atom is -0.373 e. The Kier molecular flexibility index (Phi) is 5.31. The fourth-order valence-electron chi connectivity index (χ4n) is 1.21. The monoisotopic (exact) mass is 187 g/mol. The molecule has 13 heavy (non-hydrogen) atoms. The molecule has 0 bridgehead atoms. The molecule has 1 unspecified atom stereocenters. The van der Waals surface area contributed by atoms with Crippen molar-refractivity contribution >= 4 is 0 Å². The average molecular weight is 187 g/mol. The van der Waals surface area contributed by atoms with Gasteiger partial charge in [-0.25, -0.2) is 0 Å². The second-order valence-electron chi connectivity index (χ2n) is 3.52. The first-order valence-corrected chi connectivity index (χ1v) is 5.07. The first-order chi connectivity index (χ1) is 6.33. The Morgan fingerprint density at radius 3 is 2.38 bits per heavy atom. The van der Waals surface area contributed by atoms with Crippen molar-refractivity contribution in [2.24, 2.45) is 5.73 Å². The lowest BCUT2D eigenvalue weighted by Crippen LogP contribution is -2.45. The Labute approximate surface area is 80.4 Å². The molecule has 0 aromatic heterocycles. The van der Waals surface area contributed by atoms with E-state index in [0.717, 1.165) is 45.9 Å². The van der Waals surface area contributed by atoms with Gasteiger partial charge in [0.25, 0.3) is 0 Å². The maximum absolute atomic E-state index is 5.40. The van der Waals surface area contributed by atoms with Crippen LogP contribution in [0, 0.1) is 0 Å². The third kappa shape index (κ3) is 5.99. The minimum atomic E-state index is 0.583. The summed E-state index contributed by atoms with van der Waals surface area (Å²) >= 11 is 0. The summed E-state index contributed by atoms with van der Waals surface area (Å²) in [6.07, 6.45) is 0.583. The van der Waals surface area contributed by atoms with Gasteiger partial charge in [0.1, 0.15) is 0 Å². The standard InChI is InChI=1S/C6H15N3.C3H6O/c7-1-4-9-5-2-8-3-6-9;1-3-2-4-3/h8H,1-7H2;3H,2H2,1H3. The number of rotatable bonds is 2. The van der Waals surface area contributed by atoms with E-state index in [-0.39, 0.29) is 0 Å². The van der Waals surface area contributed by atoms with Gasteiger partial charge in [-0.3, -0.25) is 4.90 Å². The lowest BCUT2D eigenvalue weighted by molar-refractivity contribution is 0.247. The maximum atomic E-state index is 5.40. The van der Waals surface area contributed by atoms with Crippen molar-refractivity contribution in [3.63, 3.8) is 0 Å². The van der Waals surface area contributed by atoms with Gasteiger partial charge in [0, 0.05) is 39.3 Å². The molecule has 3 N–H and O–H groups in total. The highest BCUT2D eigenvalue weighted by Gasteiger charge is 2.13. The van der Waals surface area contributed by atoms with E-state index in [2.05, 4.69) is 17.1 Å². The Bertz CT molecular complexity index is 119. The van der Waals surface area contributed by atoms with Gasteiger partial charge in [0.15, 0.2) is 0 Å². The number of nitrogens with zero attached hydrogens (tertiary/aromatic N) is 1. The van der Waals surface area contributed by atoms with Crippen molar-refractivity contribution in [3.8, 4) is 0 Å². The molecule has 0 spiro atoms. The first-order valence-electron chi connectivity index (χ1n) is 5.07. The van der Waals surface area contributed by atoms with E-state index in [9.17, 15) is 0 Å². The molecule has 78 valence electrons. The van der Waals surface area contributed by atoms with Crippen molar-refractivity contribution in [3.05, 3.63) is 0 Å². The predicted octanol–water partition coefficient (Wildman–Crippen LogP) is -0.745. The molecular weight excluding hydrogens is 166 g/mol. The summed E-state index contributed by atoms with van der Waals surface area (Å²) in [5.41, 5.74) is 5.40. The third-order valence-corrected chi connectivity index (χ3v) is 2.15. The molecule has 2 saturated heterocycles. The van der Waals surface area contributed by atoms with Gasteiger partial charge in [0.05, 0.1) is 12.7 Å². The van der Waals surface area contributed by atoms with Gasteiger partial charge in [-0.15, -0.1) is 0 Å². The van der Waals surface area contributed by atoms with E-state index < -0.39 is 0 Å². The first kappa shape index (κ1) is 10.9. The highest BCUT2D eigenvalue weighted by molar-refractivity contribution is 4.66. The second-order valence-corrected chi connectivity index (χ2v) is 3.52. The molecule has 0 radical (unpaired) electrons. The smallest absolute Gasteiger partial charge is 0.0781 e.